The summed E-state index contributed by atoms with van der Waals surface area (Å²) in [6, 6.07) is 8.03. The molecule has 25 heavy (non-hydrogen) atoms. The molecular weight excluding hydrogens is 314 g/mol. The monoisotopic (exact) mass is 339 g/mol. The molecular formula is C19H25N5O. The van der Waals surface area contributed by atoms with Gasteiger partial charge in [0.15, 0.2) is 0 Å². The number of amides is 1. The van der Waals surface area contributed by atoms with Crippen molar-refractivity contribution in [2.75, 3.05) is 11.4 Å². The van der Waals surface area contributed by atoms with Gasteiger partial charge in [0, 0.05) is 25.2 Å². The van der Waals surface area contributed by atoms with Crippen LogP contribution in [0.15, 0.2) is 24.3 Å². The van der Waals surface area contributed by atoms with E-state index in [2.05, 4.69) is 39.1 Å². The lowest BCUT2D eigenvalue weighted by atomic mass is 10.0. The number of hydrogen-bond acceptors (Lipinski definition) is 4. The summed E-state index contributed by atoms with van der Waals surface area (Å²) in [6.07, 6.45) is 5.27. The molecule has 6 nitrogen and oxygen atoms in total. The maximum atomic E-state index is 12.9. The molecule has 0 bridgehead atoms. The second-order valence-corrected chi connectivity index (χ2v) is 7.04. The SMILES string of the molecule is Cc1ccc(N2CCC[C@@H](NCc3nnc4n3CCCC4)C2=O)cc1. The van der Waals surface area contributed by atoms with Crippen LogP contribution in [0.5, 0.6) is 0 Å². The molecule has 0 radical (unpaired) electrons. The van der Waals surface area contributed by atoms with E-state index in [0.717, 1.165) is 49.7 Å². The Kier molecular flexibility index (Phi) is 4.53. The fourth-order valence-corrected chi connectivity index (χ4v) is 3.76. The average molecular weight is 339 g/mol. The molecule has 132 valence electrons. The van der Waals surface area contributed by atoms with Crippen molar-refractivity contribution in [3.8, 4) is 0 Å². The lowest BCUT2D eigenvalue weighted by Gasteiger charge is -2.33. The molecule has 0 spiro atoms. The minimum absolute atomic E-state index is 0.147. The summed E-state index contributed by atoms with van der Waals surface area (Å²) in [5, 5.41) is 12.0. The van der Waals surface area contributed by atoms with Gasteiger partial charge in [-0.1, -0.05) is 17.7 Å². The van der Waals surface area contributed by atoms with E-state index in [1.807, 2.05) is 17.0 Å². The third-order valence-electron chi connectivity index (χ3n) is 5.23. The van der Waals surface area contributed by atoms with Crippen LogP contribution in [-0.4, -0.2) is 33.3 Å². The van der Waals surface area contributed by atoms with Crippen molar-refractivity contribution in [3.05, 3.63) is 41.5 Å². The largest absolute Gasteiger partial charge is 0.314 e. The molecule has 1 saturated heterocycles. The summed E-state index contributed by atoms with van der Waals surface area (Å²) in [7, 11) is 0. The van der Waals surface area contributed by atoms with Crippen LogP contribution in [0.1, 0.15) is 42.9 Å². The molecule has 0 aliphatic carbocycles. The lowest BCUT2D eigenvalue weighted by molar-refractivity contribution is -0.121. The number of carbonyl (C=O) groups excluding carboxylic acids is 1. The molecule has 0 saturated carbocycles. The molecule has 1 aromatic heterocycles. The van der Waals surface area contributed by atoms with Gasteiger partial charge in [0.25, 0.3) is 0 Å². The second kappa shape index (κ2) is 6.96. The second-order valence-electron chi connectivity index (χ2n) is 7.04. The van der Waals surface area contributed by atoms with Gasteiger partial charge < -0.3 is 9.47 Å². The van der Waals surface area contributed by atoms with Crippen LogP contribution in [0.25, 0.3) is 0 Å². The Morgan fingerprint density at radius 2 is 1.96 bits per heavy atom. The molecule has 1 N–H and O–H groups in total. The zero-order valence-electron chi connectivity index (χ0n) is 14.7. The van der Waals surface area contributed by atoms with Gasteiger partial charge in [-0.25, -0.2) is 0 Å². The smallest absolute Gasteiger partial charge is 0.244 e. The third-order valence-corrected chi connectivity index (χ3v) is 5.23. The molecule has 2 aromatic rings. The van der Waals surface area contributed by atoms with Crippen LogP contribution < -0.4 is 10.2 Å². The van der Waals surface area contributed by atoms with Crippen LogP contribution >= 0.6 is 0 Å². The molecule has 2 aliphatic rings. The highest BCUT2D eigenvalue weighted by molar-refractivity contribution is 5.97. The third kappa shape index (κ3) is 3.31. The molecule has 6 heteroatoms. The topological polar surface area (TPSA) is 63.0 Å². The highest BCUT2D eigenvalue weighted by Crippen LogP contribution is 2.22. The van der Waals surface area contributed by atoms with Gasteiger partial charge in [0.1, 0.15) is 11.6 Å². The first-order chi connectivity index (χ1) is 12.2. The number of carbonyl (C=O) groups is 1. The molecule has 3 heterocycles. The predicted molar refractivity (Wildman–Crippen MR) is 96.4 cm³/mol. The Labute approximate surface area is 148 Å². The number of aryl methyl sites for hydroxylation is 2. The van der Waals surface area contributed by atoms with E-state index in [4.69, 9.17) is 0 Å². The molecule has 1 fully saturated rings. The first-order valence-electron chi connectivity index (χ1n) is 9.25. The molecule has 1 amide bonds. The number of piperidine rings is 1. The number of fused-ring (bicyclic) bond motifs is 1. The summed E-state index contributed by atoms with van der Waals surface area (Å²) in [6.45, 7) is 4.45. The molecule has 0 unspecified atom stereocenters. The number of nitrogens with one attached hydrogen (secondary N) is 1. The van der Waals surface area contributed by atoms with Crippen molar-refractivity contribution in [2.45, 2.75) is 58.2 Å². The van der Waals surface area contributed by atoms with Crippen molar-refractivity contribution in [1.82, 2.24) is 20.1 Å². The van der Waals surface area contributed by atoms with Crippen LogP contribution in [0, 0.1) is 6.92 Å². The Morgan fingerprint density at radius 1 is 1.12 bits per heavy atom. The average Bonchev–Trinajstić information content (AvgIpc) is 3.05. The fourth-order valence-electron chi connectivity index (χ4n) is 3.76. The number of aromatic nitrogens is 3. The van der Waals surface area contributed by atoms with Crippen molar-refractivity contribution in [3.63, 3.8) is 0 Å². The number of anilines is 1. The molecule has 2 aliphatic heterocycles. The molecule has 1 atom stereocenters. The van der Waals surface area contributed by atoms with Crippen molar-refractivity contribution < 1.29 is 4.79 Å². The Hall–Kier alpha value is -2.21. The fraction of sp³-hybridized carbons (Fsp3) is 0.526. The first-order valence-corrected chi connectivity index (χ1v) is 9.25. The standard InChI is InChI=1S/C19H25N5O/c1-14-7-9-15(10-8-14)23-12-4-5-16(19(23)25)20-13-18-22-21-17-6-2-3-11-24(17)18/h7-10,16,20H,2-6,11-13H2,1H3/t16-/m1/s1. The molecule has 1 aromatic carbocycles. The highest BCUT2D eigenvalue weighted by Gasteiger charge is 2.29. The summed E-state index contributed by atoms with van der Waals surface area (Å²) in [4.78, 5) is 14.8. The Morgan fingerprint density at radius 3 is 2.80 bits per heavy atom. The number of nitrogens with zero attached hydrogens (tertiary/aromatic N) is 4. The molecule has 4 rings (SSSR count). The zero-order chi connectivity index (χ0) is 17.2. The number of rotatable bonds is 4. The van der Waals surface area contributed by atoms with E-state index >= 15 is 0 Å². The summed E-state index contributed by atoms with van der Waals surface area (Å²) >= 11 is 0. The van der Waals surface area contributed by atoms with E-state index in [0.29, 0.717) is 6.54 Å². The van der Waals surface area contributed by atoms with Crippen molar-refractivity contribution in [1.29, 1.82) is 0 Å². The van der Waals surface area contributed by atoms with Gasteiger partial charge in [-0.2, -0.15) is 0 Å². The van der Waals surface area contributed by atoms with Gasteiger partial charge in [0.2, 0.25) is 5.91 Å². The van der Waals surface area contributed by atoms with E-state index in [1.54, 1.807) is 0 Å². The van der Waals surface area contributed by atoms with Crippen molar-refractivity contribution >= 4 is 11.6 Å². The minimum Gasteiger partial charge on any atom is -0.314 e. The summed E-state index contributed by atoms with van der Waals surface area (Å²) in [5.74, 6) is 2.20. The summed E-state index contributed by atoms with van der Waals surface area (Å²) < 4.78 is 2.21. The Bertz CT molecular complexity index is 752. The van der Waals surface area contributed by atoms with Crippen LogP contribution in [-0.2, 0) is 24.3 Å². The number of benzene rings is 1. The van der Waals surface area contributed by atoms with Gasteiger partial charge in [0.05, 0.1) is 12.6 Å². The van der Waals surface area contributed by atoms with Gasteiger partial charge in [-0.3, -0.25) is 10.1 Å². The number of hydrogen-bond donors (Lipinski definition) is 1. The predicted octanol–water partition coefficient (Wildman–Crippen LogP) is 2.21. The van der Waals surface area contributed by atoms with Gasteiger partial charge in [-0.05, 0) is 44.7 Å². The first kappa shape index (κ1) is 16.3. The van der Waals surface area contributed by atoms with Crippen LogP contribution in [0.2, 0.25) is 0 Å². The van der Waals surface area contributed by atoms with Crippen molar-refractivity contribution in [2.24, 2.45) is 0 Å². The normalized spacial score (nSPS) is 20.6. The summed E-state index contributed by atoms with van der Waals surface area (Å²) in [5.41, 5.74) is 2.20. The zero-order valence-corrected chi connectivity index (χ0v) is 14.7. The van der Waals surface area contributed by atoms with Crippen LogP contribution in [0.4, 0.5) is 5.69 Å². The van der Waals surface area contributed by atoms with E-state index < -0.39 is 0 Å². The maximum absolute atomic E-state index is 12.9. The Balaban J connectivity index is 1.43. The van der Waals surface area contributed by atoms with Crippen LogP contribution in [0.3, 0.4) is 0 Å². The van der Waals surface area contributed by atoms with Gasteiger partial charge in [-0.15, -0.1) is 10.2 Å². The lowest BCUT2D eigenvalue weighted by Crippen LogP contribution is -2.50. The highest BCUT2D eigenvalue weighted by atomic mass is 16.2. The quantitative estimate of drug-likeness (QED) is 0.928. The van der Waals surface area contributed by atoms with Gasteiger partial charge >= 0.3 is 0 Å². The van der Waals surface area contributed by atoms with E-state index in [-0.39, 0.29) is 11.9 Å². The maximum Gasteiger partial charge on any atom is 0.244 e. The minimum atomic E-state index is -0.147. The van der Waals surface area contributed by atoms with E-state index in [9.17, 15) is 4.79 Å². The van der Waals surface area contributed by atoms with E-state index in [1.165, 1.54) is 18.4 Å².